The summed E-state index contributed by atoms with van der Waals surface area (Å²) in [6, 6.07) is 1.26. The molecule has 1 saturated heterocycles. The molecule has 0 amide bonds. The van der Waals surface area contributed by atoms with Crippen LogP contribution in [-0.4, -0.2) is 80.3 Å². The van der Waals surface area contributed by atoms with Crippen molar-refractivity contribution in [3.8, 4) is 0 Å². The van der Waals surface area contributed by atoms with Gasteiger partial charge in [-0.3, -0.25) is 14.0 Å². The molecule has 0 spiro atoms. The van der Waals surface area contributed by atoms with Crippen LogP contribution in [0.5, 0.6) is 0 Å². The van der Waals surface area contributed by atoms with Gasteiger partial charge in [-0.15, -0.1) is 0 Å². The second-order valence-corrected chi connectivity index (χ2v) is 9.82. The van der Waals surface area contributed by atoms with Gasteiger partial charge in [0.1, 0.15) is 24.1 Å². The van der Waals surface area contributed by atoms with Crippen LogP contribution in [0, 0.1) is 0 Å². The summed E-state index contributed by atoms with van der Waals surface area (Å²) in [6.45, 7) is -0.829. The fourth-order valence-electron chi connectivity index (χ4n) is 2.36. The summed E-state index contributed by atoms with van der Waals surface area (Å²) < 4.78 is 42.7. The van der Waals surface area contributed by atoms with Gasteiger partial charge >= 0.3 is 72.7 Å². The van der Waals surface area contributed by atoms with Gasteiger partial charge in [0, 0.05) is 6.20 Å². The number of nitrogens with two attached hydrogens (primary N) is 1. The molecule has 0 aliphatic carbocycles. The normalized spacial score (nSPS) is 28.4. The summed E-state index contributed by atoms with van der Waals surface area (Å²) in [6.07, 6.45) is -4.84. The Balaban J connectivity index is 0.00000450. The Bertz CT molecular complexity index is 894. The fraction of sp³-hybridized carbons (Fsp3) is 0.667. The van der Waals surface area contributed by atoms with Gasteiger partial charge in [-0.25, -0.2) is 13.9 Å². The Morgan fingerprint density at radius 1 is 1.23 bits per heavy atom. The van der Waals surface area contributed by atoms with Crippen LogP contribution in [0.2, 0.25) is 0 Å². The van der Waals surface area contributed by atoms with Crippen LogP contribution in [0.1, 0.15) is 6.23 Å². The van der Waals surface area contributed by atoms with Crippen molar-refractivity contribution in [3.63, 3.8) is 0 Å². The smallest absolute Gasteiger partial charge is 0.387 e. The maximum atomic E-state index is 11.9. The quantitative estimate of drug-likeness (QED) is 0.0984. The third-order valence-electron chi connectivity index (χ3n) is 3.42. The molecule has 1 aromatic heterocycles. The molecule has 6 N–H and O–H groups in total. The fourth-order valence-corrected chi connectivity index (χ4v) is 4.67. The summed E-state index contributed by atoms with van der Waals surface area (Å²) in [5.41, 5.74) is 4.51. The predicted octanol–water partition coefficient (Wildman–Crippen LogP) is -4.68. The molecule has 0 saturated carbocycles. The first-order chi connectivity index (χ1) is 13.1. The molecule has 15 nitrogen and oxygen atoms in total. The molecule has 0 bridgehead atoms. The van der Waals surface area contributed by atoms with Gasteiger partial charge in [0.15, 0.2) is 6.23 Å². The van der Waals surface area contributed by atoms with Gasteiger partial charge in [-0.2, -0.15) is 13.9 Å². The molecule has 166 valence electrons. The number of anilines is 1. The largest absolute Gasteiger partial charge is 1.00 e. The monoisotopic (exact) mass is 500 g/mol. The Kier molecular flexibility index (Phi) is 10.0. The zero-order valence-corrected chi connectivity index (χ0v) is 21.5. The number of rotatable bonds is 8. The molecule has 2 heterocycles. The molecule has 0 aromatic carbocycles. The van der Waals surface area contributed by atoms with Crippen molar-refractivity contribution in [3.05, 3.63) is 22.7 Å². The van der Waals surface area contributed by atoms with Crippen LogP contribution in [-0.2, 0) is 27.3 Å². The number of phosphoric ester groups is 1. The van der Waals surface area contributed by atoms with Gasteiger partial charge in [-0.05, 0) is 6.07 Å². The number of ether oxygens (including phenoxy) is 1. The van der Waals surface area contributed by atoms with E-state index in [-0.39, 0.29) is 57.2 Å². The first-order valence-electron chi connectivity index (χ1n) is 8.01. The second-order valence-electron chi connectivity index (χ2n) is 6.87. The van der Waals surface area contributed by atoms with Crippen molar-refractivity contribution in [2.24, 2.45) is 0 Å². The van der Waals surface area contributed by atoms with E-state index in [4.69, 9.17) is 10.5 Å². The number of hydroxylamine groups is 3. The molecule has 2 rings (SSSR count). The van der Waals surface area contributed by atoms with Crippen LogP contribution in [0.15, 0.2) is 17.1 Å². The third kappa shape index (κ3) is 8.08. The van der Waals surface area contributed by atoms with E-state index in [1.807, 2.05) is 0 Å². The number of nitrogens with zero attached hydrogens (tertiary/aromatic N) is 3. The molecular formula is C12H23KN4O11P2+2. The minimum atomic E-state index is -5.12. The number of aromatic nitrogens is 2. The Labute approximate surface area is 213 Å². The first-order valence-corrected chi connectivity index (χ1v) is 11.0. The number of hydrogen-bond donors (Lipinski definition) is 5. The summed E-state index contributed by atoms with van der Waals surface area (Å²) in [5, 5.41) is 20.2. The summed E-state index contributed by atoms with van der Waals surface area (Å²) in [7, 11) is -6.04. The van der Waals surface area contributed by atoms with E-state index in [1.54, 1.807) is 0 Å². The molecule has 6 atom stereocenters. The molecule has 1 aromatic rings. The zero-order chi connectivity index (χ0) is 22.2. The van der Waals surface area contributed by atoms with Gasteiger partial charge in [-0.1, -0.05) is 4.62 Å². The number of nitrogen functional groups attached to an aromatic ring is 1. The van der Waals surface area contributed by atoms with Crippen LogP contribution in [0.25, 0.3) is 0 Å². The summed E-state index contributed by atoms with van der Waals surface area (Å²) >= 11 is 0. The van der Waals surface area contributed by atoms with Crippen LogP contribution < -0.4 is 62.8 Å². The molecule has 30 heavy (non-hydrogen) atoms. The average Bonchev–Trinajstić information content (AvgIpc) is 2.78. The van der Waals surface area contributed by atoms with Crippen molar-refractivity contribution in [2.75, 3.05) is 33.5 Å². The first kappa shape index (κ1) is 28.4. The second kappa shape index (κ2) is 10.6. The SMILES string of the molecule is C[N+](C)(C)OP(=O)(O)OP(=O)(O)OC[C@H]1O[C@@H](n2ccc(N)nc2=O)[C@H](O)[C@@H]1O.[K+]. The standard InChI is InChI=1S/C12H22N4O11P2.K/c1-16(2,3)26-29(22,23)27-28(20,21)24-6-7-9(17)10(18)11(25-7)15-5-4-8(13)14-12(15)19;/h4-5,7,9-11,17-18H,6H2,1-3H3,(H3-,13,14,19,20,21,22,23);/q;+1/p+1/t7-,9-,10-,11-;/m1./s1. The van der Waals surface area contributed by atoms with Crippen LogP contribution >= 0.6 is 15.6 Å². The van der Waals surface area contributed by atoms with Crippen molar-refractivity contribution in [1.29, 1.82) is 0 Å². The van der Waals surface area contributed by atoms with Crippen molar-refractivity contribution in [2.45, 2.75) is 24.5 Å². The van der Waals surface area contributed by atoms with E-state index in [1.165, 1.54) is 33.4 Å². The number of aliphatic hydroxyl groups is 2. The van der Waals surface area contributed by atoms with Gasteiger partial charge in [0.2, 0.25) is 0 Å². The zero-order valence-electron chi connectivity index (χ0n) is 16.6. The minimum absolute atomic E-state index is 0. The molecular weight excluding hydrogens is 477 g/mol. The molecule has 18 heteroatoms. The Morgan fingerprint density at radius 2 is 1.83 bits per heavy atom. The van der Waals surface area contributed by atoms with E-state index >= 15 is 0 Å². The van der Waals surface area contributed by atoms with Gasteiger partial charge in [0.05, 0.1) is 27.7 Å². The van der Waals surface area contributed by atoms with Crippen LogP contribution in [0.3, 0.4) is 0 Å². The summed E-state index contributed by atoms with van der Waals surface area (Å²) in [5.74, 6) is -0.0675. The van der Waals surface area contributed by atoms with Crippen LogP contribution in [0.4, 0.5) is 5.82 Å². The van der Waals surface area contributed by atoms with E-state index in [2.05, 4.69) is 18.4 Å². The third-order valence-corrected chi connectivity index (χ3v) is 6.24. The maximum absolute atomic E-state index is 11.9. The van der Waals surface area contributed by atoms with E-state index < -0.39 is 57.1 Å². The average molecular weight is 500 g/mol. The number of quaternary nitrogens is 1. The molecule has 0 radical (unpaired) electrons. The molecule has 2 unspecified atom stereocenters. The number of hydrogen-bond acceptors (Lipinski definition) is 11. The molecule has 1 aliphatic heterocycles. The molecule has 1 aliphatic rings. The summed E-state index contributed by atoms with van der Waals surface area (Å²) in [4.78, 5) is 34.5. The maximum Gasteiger partial charge on any atom is 1.00 e. The predicted molar refractivity (Wildman–Crippen MR) is 94.6 cm³/mol. The van der Waals surface area contributed by atoms with E-state index in [0.29, 0.717) is 0 Å². The van der Waals surface area contributed by atoms with Crippen molar-refractivity contribution < 1.29 is 103 Å². The Hall–Kier alpha value is 0.416. The van der Waals surface area contributed by atoms with E-state index in [0.717, 1.165) is 4.57 Å². The topological polar surface area (TPSA) is 213 Å². The number of phosphoric acid groups is 2. The Morgan fingerprint density at radius 3 is 2.37 bits per heavy atom. The van der Waals surface area contributed by atoms with E-state index in [9.17, 15) is 33.9 Å². The van der Waals surface area contributed by atoms with Crippen molar-refractivity contribution in [1.82, 2.24) is 9.55 Å². The molecule has 1 fully saturated rings. The number of aliphatic hydroxyl groups excluding tert-OH is 2. The van der Waals surface area contributed by atoms with Crippen molar-refractivity contribution >= 4 is 21.5 Å². The van der Waals surface area contributed by atoms with Gasteiger partial charge < -0.3 is 25.6 Å². The minimum Gasteiger partial charge on any atom is -0.387 e. The van der Waals surface area contributed by atoms with Gasteiger partial charge in [0.25, 0.3) is 0 Å².